The van der Waals surface area contributed by atoms with Crippen molar-refractivity contribution in [1.29, 1.82) is 0 Å². The van der Waals surface area contributed by atoms with Crippen LogP contribution in [-0.2, 0) is 0 Å². The summed E-state index contributed by atoms with van der Waals surface area (Å²) in [4.78, 5) is 20.2. The van der Waals surface area contributed by atoms with Crippen molar-refractivity contribution in [3.63, 3.8) is 0 Å². The molecule has 4 heterocycles. The maximum absolute atomic E-state index is 13.5. The van der Waals surface area contributed by atoms with Gasteiger partial charge in [0.05, 0.1) is 11.2 Å². The lowest BCUT2D eigenvalue weighted by Crippen LogP contribution is -2.36. The van der Waals surface area contributed by atoms with Gasteiger partial charge in [0.25, 0.3) is 0 Å². The fraction of sp³-hybridized carbons (Fsp3) is 0.478. The number of nitrogens with one attached hydrogen (secondary N) is 2. The molecule has 3 aromatic rings. The predicted octanol–water partition coefficient (Wildman–Crippen LogP) is 4.56. The predicted molar refractivity (Wildman–Crippen MR) is 125 cm³/mol. The molecular formula is C23H27ClFN7. The van der Waals surface area contributed by atoms with Gasteiger partial charge >= 0.3 is 0 Å². The normalized spacial score (nSPS) is 18.2. The molecule has 168 valence electrons. The fourth-order valence-electron chi connectivity index (χ4n) is 4.76. The Bertz CT molecular complexity index is 1080. The number of anilines is 3. The van der Waals surface area contributed by atoms with E-state index in [0.29, 0.717) is 28.5 Å². The largest absolute Gasteiger partial charge is 0.341 e. The van der Waals surface area contributed by atoms with Crippen molar-refractivity contribution in [2.75, 3.05) is 36.4 Å². The lowest BCUT2D eigenvalue weighted by molar-refractivity contribution is 0.268. The van der Waals surface area contributed by atoms with Crippen molar-refractivity contribution in [2.24, 2.45) is 11.8 Å². The minimum absolute atomic E-state index is 0.0519. The molecule has 2 N–H and O–H groups in total. The van der Waals surface area contributed by atoms with Gasteiger partial charge < -0.3 is 15.5 Å². The van der Waals surface area contributed by atoms with E-state index in [-0.39, 0.29) is 5.02 Å². The molecular weight excluding hydrogens is 429 g/mol. The van der Waals surface area contributed by atoms with E-state index in [1.165, 1.54) is 50.6 Å². The molecule has 0 spiro atoms. The molecule has 2 fully saturated rings. The topological polar surface area (TPSA) is 78.9 Å². The fourth-order valence-corrected chi connectivity index (χ4v) is 4.94. The highest BCUT2D eigenvalue weighted by Gasteiger charge is 2.25. The first-order valence-corrected chi connectivity index (χ1v) is 11.7. The van der Waals surface area contributed by atoms with Crippen molar-refractivity contribution in [1.82, 2.24) is 25.3 Å². The molecule has 0 aliphatic carbocycles. The van der Waals surface area contributed by atoms with Gasteiger partial charge in [0, 0.05) is 18.8 Å². The van der Waals surface area contributed by atoms with E-state index < -0.39 is 5.82 Å². The zero-order chi connectivity index (χ0) is 21.9. The average Bonchev–Trinajstić information content (AvgIpc) is 2.83. The molecule has 0 amide bonds. The highest BCUT2D eigenvalue weighted by atomic mass is 35.5. The Hall–Kier alpha value is -2.58. The van der Waals surface area contributed by atoms with Crippen LogP contribution in [0.25, 0.3) is 11.0 Å². The minimum Gasteiger partial charge on any atom is -0.341 e. The number of piperidine rings is 2. The van der Waals surface area contributed by atoms with E-state index in [0.717, 1.165) is 38.0 Å². The number of hydrogen-bond donors (Lipinski definition) is 2. The summed E-state index contributed by atoms with van der Waals surface area (Å²) >= 11 is 5.92. The van der Waals surface area contributed by atoms with Crippen molar-refractivity contribution < 1.29 is 4.39 Å². The Morgan fingerprint density at radius 2 is 1.84 bits per heavy atom. The molecule has 32 heavy (non-hydrogen) atoms. The van der Waals surface area contributed by atoms with E-state index in [1.54, 1.807) is 12.3 Å². The van der Waals surface area contributed by atoms with Crippen LogP contribution in [0.5, 0.6) is 0 Å². The van der Waals surface area contributed by atoms with Crippen molar-refractivity contribution in [3.8, 4) is 0 Å². The third kappa shape index (κ3) is 4.76. The number of benzene rings is 1. The summed E-state index contributed by atoms with van der Waals surface area (Å²) in [5.74, 6) is 2.45. The average molecular weight is 456 g/mol. The van der Waals surface area contributed by atoms with Gasteiger partial charge in [0.1, 0.15) is 23.2 Å². The van der Waals surface area contributed by atoms with Gasteiger partial charge in [0.15, 0.2) is 5.82 Å². The molecule has 9 heteroatoms. The number of aromatic nitrogens is 4. The second kappa shape index (κ2) is 9.50. The van der Waals surface area contributed by atoms with Gasteiger partial charge in [0.2, 0.25) is 5.95 Å². The third-order valence-electron chi connectivity index (χ3n) is 6.57. The first-order valence-electron chi connectivity index (χ1n) is 11.3. The van der Waals surface area contributed by atoms with Gasteiger partial charge in [-0.15, -0.1) is 0 Å². The Morgan fingerprint density at radius 1 is 1.06 bits per heavy atom. The third-order valence-corrected chi connectivity index (χ3v) is 6.86. The highest BCUT2D eigenvalue weighted by molar-refractivity contribution is 6.31. The van der Waals surface area contributed by atoms with Crippen LogP contribution in [0, 0.1) is 17.7 Å². The number of nitrogens with zero attached hydrogens (tertiary/aromatic N) is 5. The lowest BCUT2D eigenvalue weighted by atomic mass is 9.83. The van der Waals surface area contributed by atoms with E-state index in [2.05, 4.69) is 30.5 Å². The molecule has 0 saturated carbocycles. The smallest absolute Gasteiger partial charge is 0.226 e. The van der Waals surface area contributed by atoms with Crippen LogP contribution >= 0.6 is 11.6 Å². The zero-order valence-corrected chi connectivity index (χ0v) is 18.7. The molecule has 5 rings (SSSR count). The quantitative estimate of drug-likeness (QED) is 0.583. The van der Waals surface area contributed by atoms with Crippen molar-refractivity contribution in [3.05, 3.63) is 41.6 Å². The first-order chi connectivity index (χ1) is 15.7. The molecule has 1 aromatic carbocycles. The minimum atomic E-state index is -0.460. The van der Waals surface area contributed by atoms with Crippen LogP contribution in [0.1, 0.15) is 32.1 Å². The molecule has 2 aromatic heterocycles. The summed E-state index contributed by atoms with van der Waals surface area (Å²) in [5, 5.41) is 6.69. The molecule has 2 aliphatic rings. The van der Waals surface area contributed by atoms with Gasteiger partial charge in [-0.05, 0) is 75.2 Å². The molecule has 0 radical (unpaired) electrons. The summed E-state index contributed by atoms with van der Waals surface area (Å²) in [6.45, 7) is 4.25. The Labute approximate surface area is 191 Å². The second-order valence-electron chi connectivity index (χ2n) is 8.74. The summed E-state index contributed by atoms with van der Waals surface area (Å²) < 4.78 is 13.5. The Kier molecular flexibility index (Phi) is 6.32. The van der Waals surface area contributed by atoms with Crippen LogP contribution in [0.2, 0.25) is 5.02 Å². The van der Waals surface area contributed by atoms with Gasteiger partial charge in [-0.2, -0.15) is 0 Å². The SMILES string of the molecule is Fc1ccc(Nc2ncnc3cnc(N4CCC(CC5CCNCC5)CC4)nc23)cc1Cl. The van der Waals surface area contributed by atoms with Crippen molar-refractivity contribution in [2.45, 2.75) is 32.1 Å². The van der Waals surface area contributed by atoms with E-state index in [4.69, 9.17) is 16.6 Å². The van der Waals surface area contributed by atoms with Gasteiger partial charge in [-0.25, -0.2) is 24.3 Å². The molecule has 0 unspecified atom stereocenters. The number of fused-ring (bicyclic) bond motifs is 1. The maximum atomic E-state index is 13.5. The van der Waals surface area contributed by atoms with E-state index in [9.17, 15) is 4.39 Å². The van der Waals surface area contributed by atoms with Gasteiger partial charge in [-0.1, -0.05) is 11.6 Å². The lowest BCUT2D eigenvalue weighted by Gasteiger charge is -2.34. The van der Waals surface area contributed by atoms with E-state index >= 15 is 0 Å². The highest BCUT2D eigenvalue weighted by Crippen LogP contribution is 2.30. The number of rotatable bonds is 5. The monoisotopic (exact) mass is 455 g/mol. The standard InChI is InChI=1S/C23H27ClFN7/c24-18-12-17(1-2-19(18)25)30-22-21-20(28-14-29-22)13-27-23(31-21)32-9-5-16(6-10-32)11-15-3-7-26-8-4-15/h1-2,12-16,26H,3-11H2,(H,28,29,30). The van der Waals surface area contributed by atoms with Gasteiger partial charge in [-0.3, -0.25) is 0 Å². The molecule has 0 atom stereocenters. The van der Waals surface area contributed by atoms with Crippen LogP contribution in [0.15, 0.2) is 30.7 Å². The molecule has 2 aliphatic heterocycles. The number of hydrogen-bond acceptors (Lipinski definition) is 7. The maximum Gasteiger partial charge on any atom is 0.226 e. The Balaban J connectivity index is 1.30. The van der Waals surface area contributed by atoms with E-state index in [1.807, 2.05) is 0 Å². The van der Waals surface area contributed by atoms with Crippen LogP contribution in [0.3, 0.4) is 0 Å². The summed E-state index contributed by atoms with van der Waals surface area (Å²) in [6, 6.07) is 4.47. The molecule has 0 bridgehead atoms. The zero-order valence-electron chi connectivity index (χ0n) is 17.9. The molecule has 7 nitrogen and oxygen atoms in total. The van der Waals surface area contributed by atoms with Crippen LogP contribution in [-0.4, -0.2) is 46.1 Å². The van der Waals surface area contributed by atoms with Crippen LogP contribution < -0.4 is 15.5 Å². The second-order valence-corrected chi connectivity index (χ2v) is 9.15. The van der Waals surface area contributed by atoms with Crippen LogP contribution in [0.4, 0.5) is 21.8 Å². The van der Waals surface area contributed by atoms with Crippen molar-refractivity contribution >= 4 is 40.1 Å². The summed E-state index contributed by atoms with van der Waals surface area (Å²) in [6.07, 6.45) is 9.52. The number of halogens is 2. The summed E-state index contributed by atoms with van der Waals surface area (Å²) in [5.41, 5.74) is 1.92. The molecule has 2 saturated heterocycles. The summed E-state index contributed by atoms with van der Waals surface area (Å²) in [7, 11) is 0. The Morgan fingerprint density at radius 3 is 2.62 bits per heavy atom. The first kappa shape index (κ1) is 21.3.